The van der Waals surface area contributed by atoms with Crippen LogP contribution in [-0.2, 0) is 14.3 Å². The van der Waals surface area contributed by atoms with Crippen molar-refractivity contribution in [1.82, 2.24) is 5.32 Å². The maximum Gasteiger partial charge on any atom is 0.325 e. The minimum atomic E-state index is -0.749. The first-order valence-electron chi connectivity index (χ1n) is 7.28. The van der Waals surface area contributed by atoms with E-state index in [4.69, 9.17) is 18.6 Å². The highest BCUT2D eigenvalue weighted by molar-refractivity contribution is 5.95. The quantitative estimate of drug-likeness (QED) is 0.747. The Morgan fingerprint density at radius 2 is 1.96 bits per heavy atom. The van der Waals surface area contributed by atoms with Gasteiger partial charge in [-0.3, -0.25) is 14.4 Å². The van der Waals surface area contributed by atoms with Crippen LogP contribution in [0.1, 0.15) is 10.6 Å². The monoisotopic (exact) mass is 346 g/mol. The summed E-state index contributed by atoms with van der Waals surface area (Å²) < 4.78 is 20.0. The van der Waals surface area contributed by atoms with Crippen LogP contribution >= 0.6 is 0 Å². The maximum atomic E-state index is 11.8. The molecule has 1 aliphatic heterocycles. The van der Waals surface area contributed by atoms with E-state index in [9.17, 15) is 14.4 Å². The summed E-state index contributed by atoms with van der Waals surface area (Å²) in [7, 11) is 0. The topological polar surface area (TPSA) is 116 Å². The predicted octanol–water partition coefficient (Wildman–Crippen LogP) is 0.920. The third kappa shape index (κ3) is 4.28. The fraction of sp³-hybridized carbons (Fsp3) is 0.188. The van der Waals surface area contributed by atoms with Gasteiger partial charge in [-0.15, -0.1) is 0 Å². The third-order valence-corrected chi connectivity index (χ3v) is 3.16. The first kappa shape index (κ1) is 16.4. The lowest BCUT2D eigenvalue weighted by molar-refractivity contribution is -0.146. The number of carbonyl (C=O) groups is 3. The van der Waals surface area contributed by atoms with E-state index in [2.05, 4.69) is 10.6 Å². The number of esters is 1. The first-order valence-corrected chi connectivity index (χ1v) is 7.28. The molecule has 2 heterocycles. The lowest BCUT2D eigenvalue weighted by atomic mass is 10.3. The Morgan fingerprint density at radius 1 is 1.12 bits per heavy atom. The van der Waals surface area contributed by atoms with Crippen molar-refractivity contribution in [1.29, 1.82) is 0 Å². The van der Waals surface area contributed by atoms with Gasteiger partial charge in [0, 0.05) is 11.8 Å². The normalized spacial score (nSPS) is 11.7. The molecule has 0 bridgehead atoms. The molecular weight excluding hydrogens is 332 g/mol. The zero-order chi connectivity index (χ0) is 17.6. The molecule has 2 N–H and O–H groups in total. The van der Waals surface area contributed by atoms with Crippen LogP contribution in [0.25, 0.3) is 0 Å². The van der Waals surface area contributed by atoms with Gasteiger partial charge in [-0.05, 0) is 24.3 Å². The molecule has 9 heteroatoms. The fourth-order valence-corrected chi connectivity index (χ4v) is 2.02. The van der Waals surface area contributed by atoms with Gasteiger partial charge < -0.3 is 29.3 Å². The lowest BCUT2D eigenvalue weighted by Gasteiger charge is -2.07. The van der Waals surface area contributed by atoms with Crippen molar-refractivity contribution in [3.63, 3.8) is 0 Å². The fourth-order valence-electron chi connectivity index (χ4n) is 2.02. The van der Waals surface area contributed by atoms with Gasteiger partial charge in [0.2, 0.25) is 6.79 Å². The highest BCUT2D eigenvalue weighted by atomic mass is 16.7. The molecule has 0 aliphatic carbocycles. The molecule has 0 saturated carbocycles. The molecule has 1 aromatic heterocycles. The van der Waals surface area contributed by atoms with Crippen molar-refractivity contribution < 1.29 is 33.0 Å². The second kappa shape index (κ2) is 7.39. The van der Waals surface area contributed by atoms with Crippen LogP contribution in [0.4, 0.5) is 5.69 Å². The number of amides is 2. The van der Waals surface area contributed by atoms with Crippen molar-refractivity contribution in [2.75, 3.05) is 25.3 Å². The number of fused-ring (bicyclic) bond motifs is 1. The van der Waals surface area contributed by atoms with Gasteiger partial charge in [-0.2, -0.15) is 0 Å². The zero-order valence-electron chi connectivity index (χ0n) is 12.9. The molecule has 9 nitrogen and oxygen atoms in total. The Morgan fingerprint density at radius 3 is 2.76 bits per heavy atom. The van der Waals surface area contributed by atoms with Crippen LogP contribution in [-0.4, -0.2) is 37.7 Å². The smallest absolute Gasteiger partial charge is 0.325 e. The zero-order valence-corrected chi connectivity index (χ0v) is 12.9. The minimum absolute atomic E-state index is 0.0772. The standard InChI is InChI=1S/C16H14N2O7/c19-14(18-10-3-4-11-13(6-10)25-9-24-11)8-23-15(20)7-17-16(21)12-2-1-5-22-12/h1-6H,7-9H2,(H,17,21)(H,18,19). The van der Waals surface area contributed by atoms with E-state index >= 15 is 0 Å². The molecule has 2 amide bonds. The molecule has 0 unspecified atom stereocenters. The van der Waals surface area contributed by atoms with E-state index in [-0.39, 0.29) is 19.1 Å². The number of furan rings is 1. The first-order chi connectivity index (χ1) is 12.1. The van der Waals surface area contributed by atoms with E-state index in [1.807, 2.05) is 0 Å². The number of rotatable bonds is 6. The van der Waals surface area contributed by atoms with E-state index in [1.54, 1.807) is 24.3 Å². The number of hydrogen-bond donors (Lipinski definition) is 2. The summed E-state index contributed by atoms with van der Waals surface area (Å²) in [5.41, 5.74) is 0.483. The van der Waals surface area contributed by atoms with Gasteiger partial charge in [0.25, 0.3) is 11.8 Å². The van der Waals surface area contributed by atoms with E-state index in [1.165, 1.54) is 12.3 Å². The van der Waals surface area contributed by atoms with E-state index in [0.717, 1.165) is 0 Å². The molecule has 2 aromatic rings. The lowest BCUT2D eigenvalue weighted by Crippen LogP contribution is -2.32. The summed E-state index contributed by atoms with van der Waals surface area (Å²) in [5.74, 6) is -0.627. The van der Waals surface area contributed by atoms with Gasteiger partial charge >= 0.3 is 5.97 Å². The van der Waals surface area contributed by atoms with Gasteiger partial charge in [0.15, 0.2) is 23.9 Å². The highest BCUT2D eigenvalue weighted by Crippen LogP contribution is 2.34. The molecule has 130 valence electrons. The SMILES string of the molecule is O=C(COC(=O)CNC(=O)c1ccco1)Nc1ccc2c(c1)OCO2. The second-order valence-corrected chi connectivity index (χ2v) is 4.94. The molecule has 1 aliphatic rings. The number of hydrogen-bond acceptors (Lipinski definition) is 7. The Hall–Kier alpha value is -3.49. The van der Waals surface area contributed by atoms with Gasteiger partial charge in [0.05, 0.1) is 6.26 Å². The van der Waals surface area contributed by atoms with Crippen LogP contribution in [0.3, 0.4) is 0 Å². The molecular formula is C16H14N2O7. The van der Waals surface area contributed by atoms with E-state index < -0.39 is 24.4 Å². The molecule has 3 rings (SSSR count). The minimum Gasteiger partial charge on any atom is -0.459 e. The van der Waals surface area contributed by atoms with Crippen molar-refractivity contribution in [2.24, 2.45) is 0 Å². The second-order valence-electron chi connectivity index (χ2n) is 4.94. The number of anilines is 1. The molecule has 0 spiro atoms. The maximum absolute atomic E-state index is 11.8. The van der Waals surface area contributed by atoms with Crippen LogP contribution in [0.2, 0.25) is 0 Å². The summed E-state index contributed by atoms with van der Waals surface area (Å²) in [4.78, 5) is 34.9. The number of carbonyl (C=O) groups excluding carboxylic acids is 3. The highest BCUT2D eigenvalue weighted by Gasteiger charge is 2.15. The van der Waals surface area contributed by atoms with E-state index in [0.29, 0.717) is 17.2 Å². The van der Waals surface area contributed by atoms with Crippen LogP contribution in [0.5, 0.6) is 11.5 Å². The average molecular weight is 346 g/mol. The average Bonchev–Trinajstić information content (AvgIpc) is 3.28. The molecule has 0 radical (unpaired) electrons. The summed E-state index contributed by atoms with van der Waals surface area (Å²) in [6, 6.07) is 7.91. The third-order valence-electron chi connectivity index (χ3n) is 3.16. The Bertz CT molecular complexity index is 786. The summed E-state index contributed by atoms with van der Waals surface area (Å²) >= 11 is 0. The summed E-state index contributed by atoms with van der Waals surface area (Å²) in [6.07, 6.45) is 1.34. The van der Waals surface area contributed by atoms with Gasteiger partial charge in [0.1, 0.15) is 6.54 Å². The molecule has 0 fully saturated rings. The van der Waals surface area contributed by atoms with Crippen molar-refractivity contribution >= 4 is 23.5 Å². The number of ether oxygens (including phenoxy) is 3. The molecule has 0 atom stereocenters. The van der Waals surface area contributed by atoms with Gasteiger partial charge in [-0.1, -0.05) is 0 Å². The van der Waals surface area contributed by atoms with Crippen LogP contribution < -0.4 is 20.1 Å². The van der Waals surface area contributed by atoms with Crippen molar-refractivity contribution in [2.45, 2.75) is 0 Å². The Balaban J connectivity index is 1.39. The largest absolute Gasteiger partial charge is 0.459 e. The summed E-state index contributed by atoms with van der Waals surface area (Å²) in [6.45, 7) is -0.727. The van der Waals surface area contributed by atoms with Crippen LogP contribution in [0.15, 0.2) is 41.0 Å². The summed E-state index contributed by atoms with van der Waals surface area (Å²) in [5, 5.41) is 4.88. The number of nitrogens with one attached hydrogen (secondary N) is 2. The Labute approximate surface area is 141 Å². The molecule has 1 aromatic carbocycles. The van der Waals surface area contributed by atoms with Crippen LogP contribution in [0, 0.1) is 0 Å². The predicted molar refractivity (Wildman–Crippen MR) is 83.2 cm³/mol. The Kier molecular flexibility index (Phi) is 4.84. The molecule has 25 heavy (non-hydrogen) atoms. The molecule has 0 saturated heterocycles. The number of benzene rings is 1. The van der Waals surface area contributed by atoms with Crippen molar-refractivity contribution in [3.8, 4) is 11.5 Å². The van der Waals surface area contributed by atoms with Crippen molar-refractivity contribution in [3.05, 3.63) is 42.4 Å². The van der Waals surface area contributed by atoms with Gasteiger partial charge in [-0.25, -0.2) is 0 Å².